The van der Waals surface area contributed by atoms with Gasteiger partial charge in [-0.3, -0.25) is 14.1 Å². The van der Waals surface area contributed by atoms with E-state index < -0.39 is 10.0 Å². The van der Waals surface area contributed by atoms with Crippen LogP contribution in [0.3, 0.4) is 0 Å². The minimum atomic E-state index is -3.35. The summed E-state index contributed by atoms with van der Waals surface area (Å²) in [6.07, 6.45) is 6.37. The van der Waals surface area contributed by atoms with Crippen LogP contribution in [0.1, 0.15) is 0 Å². The van der Waals surface area contributed by atoms with Gasteiger partial charge in [-0.15, -0.1) is 0 Å². The normalized spacial score (nSPS) is 11.6. The predicted molar refractivity (Wildman–Crippen MR) is 104 cm³/mol. The van der Waals surface area contributed by atoms with Gasteiger partial charge in [-0.05, 0) is 36.4 Å². The molecule has 0 radical (unpaired) electrons. The fourth-order valence-electron chi connectivity index (χ4n) is 2.84. The van der Waals surface area contributed by atoms with E-state index in [9.17, 15) is 13.5 Å². The summed E-state index contributed by atoms with van der Waals surface area (Å²) < 4.78 is 27.3. The second-order valence-electron chi connectivity index (χ2n) is 6.15. The summed E-state index contributed by atoms with van der Waals surface area (Å²) in [6, 6.07) is 13.9. The van der Waals surface area contributed by atoms with E-state index >= 15 is 0 Å². The molecule has 0 saturated carbocycles. The number of nitrogens with one attached hydrogen (secondary N) is 1. The van der Waals surface area contributed by atoms with E-state index in [1.807, 2.05) is 28.8 Å². The zero-order chi connectivity index (χ0) is 19.0. The Balaban J connectivity index is 1.79. The average Bonchev–Trinajstić information content (AvgIpc) is 3.04. The van der Waals surface area contributed by atoms with Crippen molar-refractivity contribution in [1.29, 1.82) is 0 Å². The number of benzene rings is 2. The van der Waals surface area contributed by atoms with Gasteiger partial charge < -0.3 is 5.11 Å². The molecule has 0 saturated heterocycles. The first kappa shape index (κ1) is 17.0. The molecule has 0 bridgehead atoms. The number of sulfonamides is 1. The van der Waals surface area contributed by atoms with Gasteiger partial charge in [0.25, 0.3) is 0 Å². The molecule has 136 valence electrons. The van der Waals surface area contributed by atoms with Crippen LogP contribution in [0.5, 0.6) is 5.75 Å². The highest BCUT2D eigenvalue weighted by molar-refractivity contribution is 7.92. The first-order valence-electron chi connectivity index (χ1n) is 8.10. The van der Waals surface area contributed by atoms with Gasteiger partial charge in [0, 0.05) is 23.0 Å². The largest absolute Gasteiger partial charge is 0.508 e. The van der Waals surface area contributed by atoms with Crippen molar-refractivity contribution in [2.45, 2.75) is 0 Å². The molecule has 0 aliphatic rings. The van der Waals surface area contributed by atoms with Crippen LogP contribution in [0.4, 0.5) is 5.69 Å². The third-order valence-electron chi connectivity index (χ3n) is 4.02. The van der Waals surface area contributed by atoms with E-state index in [2.05, 4.69) is 14.7 Å². The van der Waals surface area contributed by atoms with E-state index in [4.69, 9.17) is 0 Å². The summed E-state index contributed by atoms with van der Waals surface area (Å²) in [5.74, 6) is 0.199. The number of rotatable bonds is 4. The van der Waals surface area contributed by atoms with Crippen molar-refractivity contribution >= 4 is 21.4 Å². The van der Waals surface area contributed by atoms with Crippen molar-refractivity contribution in [2.24, 2.45) is 0 Å². The SMILES string of the molecule is CS(=O)(=O)Nc1cccc(-c2cn3c(-c4ccc(O)cc4)cnc3cn2)c1. The van der Waals surface area contributed by atoms with Gasteiger partial charge in [0.15, 0.2) is 5.65 Å². The van der Waals surface area contributed by atoms with Crippen molar-refractivity contribution in [1.82, 2.24) is 14.4 Å². The lowest BCUT2D eigenvalue weighted by molar-refractivity contribution is 0.475. The Labute approximate surface area is 156 Å². The molecule has 0 fully saturated rings. The molecule has 2 aromatic carbocycles. The highest BCUT2D eigenvalue weighted by Gasteiger charge is 2.10. The maximum atomic E-state index is 11.5. The monoisotopic (exact) mass is 380 g/mol. The van der Waals surface area contributed by atoms with Crippen LogP contribution in [-0.2, 0) is 10.0 Å². The molecule has 0 spiro atoms. The molecule has 2 N–H and O–H groups in total. The number of aromatic hydroxyl groups is 1. The van der Waals surface area contributed by atoms with Crippen molar-refractivity contribution in [3.8, 4) is 28.3 Å². The van der Waals surface area contributed by atoms with Crippen LogP contribution in [0.15, 0.2) is 67.1 Å². The van der Waals surface area contributed by atoms with Gasteiger partial charge in [-0.1, -0.05) is 12.1 Å². The first-order chi connectivity index (χ1) is 12.9. The molecule has 2 aromatic heterocycles. The maximum Gasteiger partial charge on any atom is 0.229 e. The van der Waals surface area contributed by atoms with Gasteiger partial charge in [0.05, 0.1) is 30.0 Å². The fraction of sp³-hybridized carbons (Fsp3) is 0.0526. The Morgan fingerprint density at radius 3 is 2.52 bits per heavy atom. The minimum absolute atomic E-state index is 0.199. The van der Waals surface area contributed by atoms with Crippen LogP contribution < -0.4 is 4.72 Å². The smallest absolute Gasteiger partial charge is 0.229 e. The Morgan fingerprint density at radius 2 is 1.78 bits per heavy atom. The second kappa shape index (κ2) is 6.40. The van der Waals surface area contributed by atoms with Gasteiger partial charge in [0.1, 0.15) is 5.75 Å². The van der Waals surface area contributed by atoms with Crippen LogP contribution >= 0.6 is 0 Å². The van der Waals surface area contributed by atoms with Crippen molar-refractivity contribution in [2.75, 3.05) is 11.0 Å². The lowest BCUT2D eigenvalue weighted by atomic mass is 10.1. The Morgan fingerprint density at radius 1 is 1.00 bits per heavy atom. The zero-order valence-corrected chi connectivity index (χ0v) is 15.2. The van der Waals surface area contributed by atoms with E-state index in [-0.39, 0.29) is 5.75 Å². The van der Waals surface area contributed by atoms with Crippen LogP contribution in [-0.4, -0.2) is 34.1 Å². The topological polar surface area (TPSA) is 96.6 Å². The number of phenolic OH excluding ortho intramolecular Hbond substituents is 1. The molecular formula is C19H16N4O3S. The van der Waals surface area contributed by atoms with E-state index in [1.165, 1.54) is 0 Å². The van der Waals surface area contributed by atoms with E-state index in [0.29, 0.717) is 17.0 Å². The van der Waals surface area contributed by atoms with E-state index in [0.717, 1.165) is 23.1 Å². The number of nitrogens with zero attached hydrogens (tertiary/aromatic N) is 3. The molecular weight excluding hydrogens is 364 g/mol. The average molecular weight is 380 g/mol. The molecule has 8 heteroatoms. The summed E-state index contributed by atoms with van der Waals surface area (Å²) in [4.78, 5) is 8.80. The Hall–Kier alpha value is -3.39. The number of anilines is 1. The second-order valence-corrected chi connectivity index (χ2v) is 7.89. The molecule has 4 aromatic rings. The van der Waals surface area contributed by atoms with Gasteiger partial charge in [-0.25, -0.2) is 13.4 Å². The fourth-order valence-corrected chi connectivity index (χ4v) is 3.40. The minimum Gasteiger partial charge on any atom is -0.508 e. The zero-order valence-electron chi connectivity index (χ0n) is 14.4. The Kier molecular flexibility index (Phi) is 4.04. The quantitative estimate of drug-likeness (QED) is 0.567. The predicted octanol–water partition coefficient (Wildman–Crippen LogP) is 3.14. The Bertz CT molecular complexity index is 1230. The molecule has 7 nitrogen and oxygen atoms in total. The number of imidazole rings is 1. The molecule has 0 unspecified atom stereocenters. The summed E-state index contributed by atoms with van der Waals surface area (Å²) in [5.41, 5.74) is 4.38. The van der Waals surface area contributed by atoms with E-state index in [1.54, 1.807) is 42.7 Å². The van der Waals surface area contributed by atoms with Crippen LogP contribution in [0, 0.1) is 0 Å². The highest BCUT2D eigenvalue weighted by Crippen LogP contribution is 2.26. The summed E-state index contributed by atoms with van der Waals surface area (Å²) in [6.45, 7) is 0. The van der Waals surface area contributed by atoms with Crippen LogP contribution in [0.2, 0.25) is 0 Å². The lowest BCUT2D eigenvalue weighted by Gasteiger charge is -2.08. The van der Waals surface area contributed by atoms with Crippen molar-refractivity contribution in [3.63, 3.8) is 0 Å². The third kappa shape index (κ3) is 3.61. The summed E-state index contributed by atoms with van der Waals surface area (Å²) in [5, 5.41) is 9.49. The number of hydrogen-bond donors (Lipinski definition) is 2. The molecule has 0 aliphatic carbocycles. The van der Waals surface area contributed by atoms with Gasteiger partial charge >= 0.3 is 0 Å². The summed E-state index contributed by atoms with van der Waals surface area (Å²) >= 11 is 0. The lowest BCUT2D eigenvalue weighted by Crippen LogP contribution is -2.09. The van der Waals surface area contributed by atoms with Gasteiger partial charge in [0.2, 0.25) is 10.0 Å². The first-order valence-corrected chi connectivity index (χ1v) is 9.99. The molecule has 4 rings (SSSR count). The van der Waals surface area contributed by atoms with Gasteiger partial charge in [-0.2, -0.15) is 0 Å². The standard InChI is InChI=1S/C19H16N4O3S/c1-27(25,26)22-15-4-2-3-14(9-15)17-12-23-18(10-21-19(23)11-20-17)13-5-7-16(24)8-6-13/h2-12,22,24H,1H3. The summed E-state index contributed by atoms with van der Waals surface area (Å²) in [7, 11) is -3.35. The number of aromatic nitrogens is 3. The van der Waals surface area contributed by atoms with Crippen LogP contribution in [0.25, 0.3) is 28.2 Å². The molecule has 0 aliphatic heterocycles. The molecule has 0 atom stereocenters. The highest BCUT2D eigenvalue weighted by atomic mass is 32.2. The number of hydrogen-bond acceptors (Lipinski definition) is 5. The molecule has 2 heterocycles. The number of phenols is 1. The third-order valence-corrected chi connectivity index (χ3v) is 4.63. The van der Waals surface area contributed by atoms with Crippen molar-refractivity contribution in [3.05, 3.63) is 67.1 Å². The number of fused-ring (bicyclic) bond motifs is 1. The molecule has 0 amide bonds. The molecule has 27 heavy (non-hydrogen) atoms. The van der Waals surface area contributed by atoms with Crippen molar-refractivity contribution < 1.29 is 13.5 Å². The maximum absolute atomic E-state index is 11.5.